The number of carboxylic acids is 3. The summed E-state index contributed by atoms with van der Waals surface area (Å²) in [6.07, 6.45) is 32.9. The van der Waals surface area contributed by atoms with Crippen molar-refractivity contribution in [3.63, 3.8) is 0 Å². The van der Waals surface area contributed by atoms with E-state index in [1.54, 1.807) is 22.5 Å². The average molecular weight is 1130 g/mol. The van der Waals surface area contributed by atoms with Gasteiger partial charge in [0.2, 0.25) is 0 Å². The Morgan fingerprint density at radius 3 is 0.603 bits per heavy atom. The predicted molar refractivity (Wildman–Crippen MR) is 306 cm³/mol. The van der Waals surface area contributed by atoms with Crippen molar-refractivity contribution < 1.29 is 29.7 Å². The molecule has 68 heavy (non-hydrogen) atoms. The van der Waals surface area contributed by atoms with Crippen molar-refractivity contribution in [2.75, 3.05) is 51.8 Å². The fraction of sp³-hybridized carbons (Fsp3) is 0.948. The Kier molecular flexibility index (Phi) is 62.2. The summed E-state index contributed by atoms with van der Waals surface area (Å²) in [6.45, 7) is 29.4. The Hall–Kier alpha value is 0.259. The van der Waals surface area contributed by atoms with Crippen LogP contribution in [0.25, 0.3) is 0 Å². The van der Waals surface area contributed by atoms with E-state index in [-0.39, 0.29) is 49.9 Å². The molecule has 0 unspecified atom stereocenters. The molecule has 0 heterocycles. The third-order valence-corrected chi connectivity index (χ3v) is 19.9. The molecule has 6 nitrogen and oxygen atoms in total. The molecule has 0 rings (SSSR count). The molecule has 0 radical (unpaired) electrons. The second-order valence-electron chi connectivity index (χ2n) is 22.2. The SMILES string of the molecule is CC(C)CCCCC[S+](CCCCCC(C)C)CC(=O)[O-].CC(C)CCCCC[S+](CCCCCC(C)C)CC(=O)[O-].CC(C)CCCCC[S+](CCCCCC(C)C)CC(=O)[O-].CCC[CH2][Sn+3]. The Labute approximate surface area is 448 Å². The van der Waals surface area contributed by atoms with Crippen LogP contribution < -0.4 is 15.3 Å². The van der Waals surface area contributed by atoms with Crippen LogP contribution in [-0.2, 0) is 47.1 Å². The van der Waals surface area contributed by atoms with Gasteiger partial charge >= 0.3 is 46.7 Å². The summed E-state index contributed by atoms with van der Waals surface area (Å²) in [5, 5.41) is 32.6. The normalized spacial score (nSPS) is 11.5. The molecule has 0 aromatic rings. The van der Waals surface area contributed by atoms with E-state index in [4.69, 9.17) is 0 Å². The van der Waals surface area contributed by atoms with Crippen LogP contribution in [0.4, 0.5) is 0 Å². The van der Waals surface area contributed by atoms with Gasteiger partial charge in [-0.1, -0.05) is 160 Å². The molecule has 0 bridgehead atoms. The van der Waals surface area contributed by atoms with E-state index in [1.807, 2.05) is 0 Å². The maximum absolute atomic E-state index is 10.9. The first-order valence-corrected chi connectivity index (χ1v) is 35.5. The van der Waals surface area contributed by atoms with Crippen molar-refractivity contribution in [3.05, 3.63) is 0 Å². The minimum absolute atomic E-state index is 0.0550. The predicted octanol–water partition coefficient (Wildman–Crippen LogP) is 12.7. The van der Waals surface area contributed by atoms with Crippen molar-refractivity contribution in [1.29, 1.82) is 0 Å². The van der Waals surface area contributed by atoms with E-state index in [0.717, 1.165) is 70.0 Å². The van der Waals surface area contributed by atoms with Crippen molar-refractivity contribution in [3.8, 4) is 0 Å². The molecule has 0 spiro atoms. The molecule has 0 aromatic carbocycles. The number of unbranched alkanes of at least 4 members (excludes halogenated alkanes) is 13. The van der Waals surface area contributed by atoms with Crippen LogP contribution in [0.2, 0.25) is 4.44 Å². The van der Waals surface area contributed by atoms with E-state index < -0.39 is 17.9 Å². The fourth-order valence-corrected chi connectivity index (χ4v) is 14.8. The summed E-state index contributed by atoms with van der Waals surface area (Å²) in [5.41, 5.74) is 0. The molecular formula is C58H117O6S3Sn+3. The molecule has 0 amide bonds. The summed E-state index contributed by atoms with van der Waals surface area (Å²) in [7, 11) is 0.165. The van der Waals surface area contributed by atoms with Crippen molar-refractivity contribution in [1.82, 2.24) is 0 Å². The number of rotatable bonds is 44. The van der Waals surface area contributed by atoms with E-state index in [2.05, 4.69) is 90.0 Å². The first kappa shape index (κ1) is 74.8. The standard InChI is InChI=1S/3C18H36O2S.C4H9.Sn/c3*1-16(2)11-7-5-9-13-21(15-18(19)20)14-10-6-8-12-17(3)4;1-3-4-2;/h3*16-17H,5-15H2,1-4H3;1,3-4H2,2H3;/q;;;;+3. The number of carbonyl (C=O) groups excluding carboxylic acids is 3. The average Bonchev–Trinajstić information content (AvgIpc) is 3.22. The van der Waals surface area contributed by atoms with E-state index in [1.165, 1.54) is 171 Å². The van der Waals surface area contributed by atoms with Gasteiger partial charge in [-0.05, 0) is 145 Å². The molecule has 0 aliphatic rings. The zero-order valence-corrected chi connectivity index (χ0v) is 52.9. The molecule has 404 valence electrons. The van der Waals surface area contributed by atoms with E-state index in [0.29, 0.717) is 0 Å². The van der Waals surface area contributed by atoms with Crippen LogP contribution in [-0.4, -0.2) is 92.2 Å². The van der Waals surface area contributed by atoms with Gasteiger partial charge in [0.15, 0.2) is 0 Å². The topological polar surface area (TPSA) is 120 Å². The second kappa shape index (κ2) is 56.6. The van der Waals surface area contributed by atoms with E-state index in [9.17, 15) is 29.7 Å². The van der Waals surface area contributed by atoms with Crippen LogP contribution in [0, 0.1) is 35.5 Å². The van der Waals surface area contributed by atoms with Gasteiger partial charge in [-0.3, -0.25) is 0 Å². The van der Waals surface area contributed by atoms with Gasteiger partial charge in [0.25, 0.3) is 0 Å². The van der Waals surface area contributed by atoms with Gasteiger partial charge in [0, 0.05) is 0 Å². The first-order valence-electron chi connectivity index (χ1n) is 28.3. The summed E-state index contributed by atoms with van der Waals surface area (Å²) in [6, 6.07) is 0. The van der Waals surface area contributed by atoms with Gasteiger partial charge in [-0.25, -0.2) is 0 Å². The van der Waals surface area contributed by atoms with Crippen LogP contribution in [0.5, 0.6) is 0 Å². The summed E-state index contributed by atoms with van der Waals surface area (Å²) >= 11 is 1.68. The first-order chi connectivity index (χ1) is 32.2. The number of aliphatic carboxylic acids is 3. The van der Waals surface area contributed by atoms with Gasteiger partial charge < -0.3 is 29.7 Å². The Balaban J connectivity index is -0.000000429. The van der Waals surface area contributed by atoms with E-state index >= 15 is 0 Å². The molecule has 0 atom stereocenters. The van der Waals surface area contributed by atoms with Crippen molar-refractivity contribution in [2.45, 2.75) is 261 Å². The number of hydrogen-bond acceptors (Lipinski definition) is 6. The Bertz CT molecular complexity index is 877. The maximum atomic E-state index is 10.9. The molecular weight excluding hydrogens is 1010 g/mol. The monoisotopic (exact) mass is 1130 g/mol. The third-order valence-electron chi connectivity index (χ3n) is 11.8. The van der Waals surface area contributed by atoms with Crippen molar-refractivity contribution >= 4 is 73.1 Å². The summed E-state index contributed by atoms with van der Waals surface area (Å²) < 4.78 is 1.43. The van der Waals surface area contributed by atoms with Crippen LogP contribution in [0.1, 0.15) is 257 Å². The van der Waals surface area contributed by atoms with Gasteiger partial charge in [-0.15, -0.1) is 0 Å². The molecule has 0 aromatic heterocycles. The quantitative estimate of drug-likeness (QED) is 0.0340. The zero-order chi connectivity index (χ0) is 52.4. The molecule has 0 N–H and O–H groups in total. The summed E-state index contributed by atoms with van der Waals surface area (Å²) in [4.78, 5) is 32.6. The number of hydrogen-bond donors (Lipinski definition) is 0. The van der Waals surface area contributed by atoms with Crippen LogP contribution in [0.15, 0.2) is 0 Å². The zero-order valence-electron chi connectivity index (χ0n) is 47.6. The Morgan fingerprint density at radius 2 is 0.500 bits per heavy atom. The molecule has 10 heteroatoms. The van der Waals surface area contributed by atoms with Crippen LogP contribution >= 0.6 is 0 Å². The molecule has 0 aliphatic carbocycles. The van der Waals surface area contributed by atoms with Crippen LogP contribution in [0.3, 0.4) is 0 Å². The Morgan fingerprint density at radius 1 is 0.324 bits per heavy atom. The number of carbonyl (C=O) groups is 3. The molecule has 0 saturated heterocycles. The molecule has 0 saturated carbocycles. The molecule has 0 aliphatic heterocycles. The molecule has 0 fully saturated rings. The minimum atomic E-state index is -0.859. The second-order valence-corrected chi connectivity index (χ2v) is 30.6. The van der Waals surface area contributed by atoms with Gasteiger partial charge in [0.1, 0.15) is 51.8 Å². The third kappa shape index (κ3) is 72.8. The van der Waals surface area contributed by atoms with Crippen molar-refractivity contribution in [2.24, 2.45) is 35.5 Å². The summed E-state index contributed by atoms with van der Waals surface area (Å²) in [5.74, 6) is 9.55. The van der Waals surface area contributed by atoms with Gasteiger partial charge in [-0.2, -0.15) is 0 Å². The van der Waals surface area contributed by atoms with Gasteiger partial charge in [0.05, 0.1) is 17.9 Å². The number of carboxylic acid groups (broad SMARTS) is 3. The fourth-order valence-electron chi connectivity index (χ4n) is 7.63.